The van der Waals surface area contributed by atoms with E-state index in [4.69, 9.17) is 9.47 Å². The molecule has 2 aromatic carbocycles. The number of nitrogens with one attached hydrogen (secondary N) is 2. The SMILES string of the molecule is CCN(CC)S(=O)(=O)c1cccc(C(=O)NNC(=O)c2ccc3c(c2)OCCO3)c1. The molecule has 9 nitrogen and oxygen atoms in total. The van der Waals surface area contributed by atoms with Gasteiger partial charge in [0, 0.05) is 24.2 Å². The lowest BCUT2D eigenvalue weighted by molar-refractivity contribution is 0.0846. The fourth-order valence-corrected chi connectivity index (χ4v) is 4.46. The molecule has 0 fully saturated rings. The molecule has 0 bridgehead atoms. The minimum absolute atomic E-state index is 0.0111. The molecule has 0 radical (unpaired) electrons. The average molecular weight is 433 g/mol. The normalized spacial score (nSPS) is 13.0. The Hall–Kier alpha value is -3.11. The fourth-order valence-electron chi connectivity index (χ4n) is 2.95. The first kappa shape index (κ1) is 21.6. The van der Waals surface area contributed by atoms with Crippen LogP contribution in [0.1, 0.15) is 34.6 Å². The molecule has 30 heavy (non-hydrogen) atoms. The zero-order chi connectivity index (χ0) is 21.7. The van der Waals surface area contributed by atoms with Crippen LogP contribution in [0.3, 0.4) is 0 Å². The Balaban J connectivity index is 1.69. The number of sulfonamides is 1. The van der Waals surface area contributed by atoms with Gasteiger partial charge in [0.1, 0.15) is 13.2 Å². The van der Waals surface area contributed by atoms with Crippen LogP contribution in [0.5, 0.6) is 11.5 Å². The van der Waals surface area contributed by atoms with E-state index in [2.05, 4.69) is 10.9 Å². The average Bonchev–Trinajstić information content (AvgIpc) is 2.77. The molecule has 2 N–H and O–H groups in total. The molecule has 2 aromatic rings. The molecule has 0 unspecified atom stereocenters. The summed E-state index contributed by atoms with van der Waals surface area (Å²) >= 11 is 0. The van der Waals surface area contributed by atoms with E-state index < -0.39 is 21.8 Å². The summed E-state index contributed by atoms with van der Waals surface area (Å²) in [6, 6.07) is 10.3. The van der Waals surface area contributed by atoms with Crippen LogP contribution >= 0.6 is 0 Å². The van der Waals surface area contributed by atoms with Crippen molar-refractivity contribution in [3.05, 3.63) is 53.6 Å². The van der Waals surface area contributed by atoms with E-state index in [1.165, 1.54) is 34.6 Å². The Labute approximate surface area is 175 Å². The van der Waals surface area contributed by atoms with Gasteiger partial charge >= 0.3 is 0 Å². The lowest BCUT2D eigenvalue weighted by Crippen LogP contribution is -2.41. The van der Waals surface area contributed by atoms with Gasteiger partial charge in [-0.2, -0.15) is 4.31 Å². The third-order valence-corrected chi connectivity index (χ3v) is 6.58. The maximum atomic E-state index is 12.6. The van der Waals surface area contributed by atoms with E-state index in [9.17, 15) is 18.0 Å². The molecule has 0 spiro atoms. The molecule has 1 heterocycles. The number of carbonyl (C=O) groups is 2. The Morgan fingerprint density at radius 2 is 1.50 bits per heavy atom. The van der Waals surface area contributed by atoms with Crippen molar-refractivity contribution in [2.45, 2.75) is 18.7 Å². The molecule has 160 valence electrons. The number of nitrogens with zero attached hydrogens (tertiary/aromatic N) is 1. The van der Waals surface area contributed by atoms with Gasteiger partial charge < -0.3 is 9.47 Å². The minimum Gasteiger partial charge on any atom is -0.486 e. The predicted octanol–water partition coefficient (Wildman–Crippen LogP) is 1.56. The van der Waals surface area contributed by atoms with Crippen LogP contribution in [-0.2, 0) is 10.0 Å². The molecular formula is C20H23N3O6S. The molecular weight excluding hydrogens is 410 g/mol. The van der Waals surface area contributed by atoms with Crippen LogP contribution < -0.4 is 20.3 Å². The molecule has 0 aliphatic carbocycles. The van der Waals surface area contributed by atoms with E-state index >= 15 is 0 Å². The van der Waals surface area contributed by atoms with Gasteiger partial charge in [-0.3, -0.25) is 20.4 Å². The molecule has 2 amide bonds. The Morgan fingerprint density at radius 1 is 0.900 bits per heavy atom. The van der Waals surface area contributed by atoms with Crippen molar-refractivity contribution in [3.63, 3.8) is 0 Å². The molecule has 10 heteroatoms. The highest BCUT2D eigenvalue weighted by molar-refractivity contribution is 7.89. The molecule has 0 atom stereocenters. The highest BCUT2D eigenvalue weighted by Gasteiger charge is 2.23. The van der Waals surface area contributed by atoms with Crippen LogP contribution in [-0.4, -0.2) is 50.8 Å². The van der Waals surface area contributed by atoms with Crippen LogP contribution in [0.15, 0.2) is 47.4 Å². The maximum absolute atomic E-state index is 12.6. The van der Waals surface area contributed by atoms with Crippen molar-refractivity contribution in [2.24, 2.45) is 0 Å². The number of rotatable bonds is 6. The van der Waals surface area contributed by atoms with Gasteiger partial charge in [-0.15, -0.1) is 0 Å². The van der Waals surface area contributed by atoms with Gasteiger partial charge in [0.25, 0.3) is 11.8 Å². The molecule has 3 rings (SSSR count). The highest BCUT2D eigenvalue weighted by atomic mass is 32.2. The van der Waals surface area contributed by atoms with Crippen LogP contribution in [0, 0.1) is 0 Å². The summed E-state index contributed by atoms with van der Waals surface area (Å²) < 4.78 is 37.4. The summed E-state index contributed by atoms with van der Waals surface area (Å²) in [5.41, 5.74) is 4.98. The Kier molecular flexibility index (Phi) is 6.58. The van der Waals surface area contributed by atoms with Crippen molar-refractivity contribution < 1.29 is 27.5 Å². The number of hydrazine groups is 1. The summed E-state index contributed by atoms with van der Waals surface area (Å²) in [4.78, 5) is 24.8. The lowest BCUT2D eigenvalue weighted by Gasteiger charge is -2.19. The zero-order valence-electron chi connectivity index (χ0n) is 16.7. The van der Waals surface area contributed by atoms with Gasteiger partial charge in [-0.1, -0.05) is 19.9 Å². The third kappa shape index (κ3) is 4.55. The molecule has 0 saturated heterocycles. The summed E-state index contributed by atoms with van der Waals surface area (Å²) in [5.74, 6) is -0.188. The largest absolute Gasteiger partial charge is 0.486 e. The van der Waals surface area contributed by atoms with E-state index in [0.29, 0.717) is 37.8 Å². The van der Waals surface area contributed by atoms with Crippen molar-refractivity contribution in [1.29, 1.82) is 0 Å². The fraction of sp³-hybridized carbons (Fsp3) is 0.300. The van der Waals surface area contributed by atoms with Crippen molar-refractivity contribution in [1.82, 2.24) is 15.2 Å². The first-order valence-electron chi connectivity index (χ1n) is 9.47. The number of carbonyl (C=O) groups excluding carboxylic acids is 2. The molecule has 0 saturated carbocycles. The number of hydrogen-bond donors (Lipinski definition) is 2. The van der Waals surface area contributed by atoms with Crippen LogP contribution in [0.2, 0.25) is 0 Å². The minimum atomic E-state index is -3.70. The van der Waals surface area contributed by atoms with E-state index in [-0.39, 0.29) is 16.0 Å². The van der Waals surface area contributed by atoms with Crippen molar-refractivity contribution in [2.75, 3.05) is 26.3 Å². The third-order valence-electron chi connectivity index (χ3n) is 4.53. The van der Waals surface area contributed by atoms with Gasteiger partial charge in [0.15, 0.2) is 11.5 Å². The zero-order valence-corrected chi connectivity index (χ0v) is 17.5. The molecule has 1 aliphatic heterocycles. The first-order valence-corrected chi connectivity index (χ1v) is 10.9. The molecule has 0 aromatic heterocycles. The number of fused-ring (bicyclic) bond motifs is 1. The first-order chi connectivity index (χ1) is 14.4. The Bertz CT molecular complexity index is 1050. The van der Waals surface area contributed by atoms with Gasteiger partial charge in [0.05, 0.1) is 4.90 Å². The van der Waals surface area contributed by atoms with Crippen LogP contribution in [0.25, 0.3) is 0 Å². The van der Waals surface area contributed by atoms with Crippen LogP contribution in [0.4, 0.5) is 0 Å². The number of hydrogen-bond acceptors (Lipinski definition) is 6. The summed E-state index contributed by atoms with van der Waals surface area (Å²) in [5, 5.41) is 0. The number of amides is 2. The van der Waals surface area contributed by atoms with Crippen molar-refractivity contribution in [3.8, 4) is 11.5 Å². The molecule has 1 aliphatic rings. The maximum Gasteiger partial charge on any atom is 0.269 e. The van der Waals surface area contributed by atoms with Gasteiger partial charge in [-0.25, -0.2) is 8.42 Å². The van der Waals surface area contributed by atoms with Crippen molar-refractivity contribution >= 4 is 21.8 Å². The van der Waals surface area contributed by atoms with E-state index in [1.54, 1.807) is 26.0 Å². The second-order valence-electron chi connectivity index (χ2n) is 6.38. The summed E-state index contributed by atoms with van der Waals surface area (Å²) in [6.07, 6.45) is 0. The monoisotopic (exact) mass is 433 g/mol. The van der Waals surface area contributed by atoms with Gasteiger partial charge in [0.2, 0.25) is 10.0 Å². The highest BCUT2D eigenvalue weighted by Crippen LogP contribution is 2.30. The van der Waals surface area contributed by atoms with Gasteiger partial charge in [-0.05, 0) is 36.4 Å². The number of benzene rings is 2. The topological polar surface area (TPSA) is 114 Å². The van der Waals surface area contributed by atoms with E-state index in [0.717, 1.165) is 0 Å². The quantitative estimate of drug-likeness (QED) is 0.669. The smallest absolute Gasteiger partial charge is 0.269 e. The number of ether oxygens (including phenoxy) is 2. The van der Waals surface area contributed by atoms with E-state index in [1.807, 2.05) is 0 Å². The lowest BCUT2D eigenvalue weighted by atomic mass is 10.2. The summed E-state index contributed by atoms with van der Waals surface area (Å²) in [6.45, 7) is 4.96. The second-order valence-corrected chi connectivity index (χ2v) is 8.32. The predicted molar refractivity (Wildman–Crippen MR) is 109 cm³/mol. The Morgan fingerprint density at radius 3 is 2.13 bits per heavy atom. The second kappa shape index (κ2) is 9.14. The standard InChI is InChI=1S/C20H23N3O6S/c1-3-23(4-2)30(26,27)16-7-5-6-14(12-16)19(24)21-22-20(25)15-8-9-17-18(13-15)29-11-10-28-17/h5-9,12-13H,3-4,10-11H2,1-2H3,(H,21,24)(H,22,25). The summed E-state index contributed by atoms with van der Waals surface area (Å²) in [7, 11) is -3.70.